The molecular formula is C12H14O3. The summed E-state index contributed by atoms with van der Waals surface area (Å²) in [5.74, 6) is 1.73. The number of ketones is 1. The van der Waals surface area contributed by atoms with E-state index in [1.165, 1.54) is 0 Å². The van der Waals surface area contributed by atoms with Crippen molar-refractivity contribution < 1.29 is 14.3 Å². The second-order valence-electron chi connectivity index (χ2n) is 3.67. The predicted molar refractivity (Wildman–Crippen MR) is 56.3 cm³/mol. The Morgan fingerprint density at radius 2 is 2.00 bits per heavy atom. The number of hydrogen-bond acceptors (Lipinski definition) is 3. The van der Waals surface area contributed by atoms with Gasteiger partial charge in [0.15, 0.2) is 11.5 Å². The molecule has 0 spiro atoms. The first-order valence-corrected chi connectivity index (χ1v) is 5.11. The highest BCUT2D eigenvalue weighted by Gasteiger charge is 2.24. The van der Waals surface area contributed by atoms with Crippen molar-refractivity contribution in [3.8, 4) is 11.5 Å². The minimum Gasteiger partial charge on any atom is -0.493 e. The molecule has 1 aliphatic carbocycles. The first-order valence-electron chi connectivity index (χ1n) is 5.11. The largest absolute Gasteiger partial charge is 0.493 e. The van der Waals surface area contributed by atoms with Gasteiger partial charge in [-0.3, -0.25) is 4.79 Å². The maximum Gasteiger partial charge on any atom is 0.161 e. The Morgan fingerprint density at radius 1 is 1.27 bits per heavy atom. The van der Waals surface area contributed by atoms with E-state index in [9.17, 15) is 4.79 Å². The third-order valence-electron chi connectivity index (χ3n) is 2.56. The first kappa shape index (κ1) is 10.0. The summed E-state index contributed by atoms with van der Waals surface area (Å²) in [5, 5.41) is 0. The smallest absolute Gasteiger partial charge is 0.161 e. The minimum atomic E-state index is 0.0220. The number of benzene rings is 1. The summed E-state index contributed by atoms with van der Waals surface area (Å²) in [6.45, 7) is 0. The molecular weight excluding hydrogens is 192 g/mol. The highest BCUT2D eigenvalue weighted by molar-refractivity contribution is 5.81. The molecule has 80 valence electrons. The average Bonchev–Trinajstić information content (AvgIpc) is 2.65. The molecule has 3 nitrogen and oxygen atoms in total. The van der Waals surface area contributed by atoms with Gasteiger partial charge in [-0.1, -0.05) is 12.1 Å². The van der Waals surface area contributed by atoms with Gasteiger partial charge in [0.25, 0.3) is 0 Å². The molecule has 1 aliphatic rings. The third kappa shape index (κ3) is 2.29. The quantitative estimate of drug-likeness (QED) is 0.760. The van der Waals surface area contributed by atoms with Crippen LogP contribution < -0.4 is 9.47 Å². The van der Waals surface area contributed by atoms with Crippen LogP contribution in [-0.4, -0.2) is 19.0 Å². The topological polar surface area (TPSA) is 35.5 Å². The van der Waals surface area contributed by atoms with Crippen molar-refractivity contribution in [3.63, 3.8) is 0 Å². The summed E-state index contributed by atoms with van der Waals surface area (Å²) in [4.78, 5) is 11.1. The van der Waals surface area contributed by atoms with Crippen molar-refractivity contribution in [1.82, 2.24) is 0 Å². The number of ether oxygens (including phenoxy) is 2. The number of rotatable bonds is 3. The van der Waals surface area contributed by atoms with E-state index < -0.39 is 0 Å². The molecule has 0 heterocycles. The number of hydrogen-bond donors (Lipinski definition) is 0. The number of carbonyl (C=O) groups is 1. The predicted octanol–water partition coefficient (Wildman–Crippen LogP) is 2.20. The van der Waals surface area contributed by atoms with Crippen LogP contribution in [0.3, 0.4) is 0 Å². The van der Waals surface area contributed by atoms with E-state index in [1.807, 2.05) is 24.3 Å². The first-order chi connectivity index (χ1) is 7.29. The van der Waals surface area contributed by atoms with Crippen LogP contribution in [0.1, 0.15) is 19.3 Å². The molecule has 0 radical (unpaired) electrons. The highest BCUT2D eigenvalue weighted by atomic mass is 16.5. The van der Waals surface area contributed by atoms with Gasteiger partial charge in [0.1, 0.15) is 11.9 Å². The van der Waals surface area contributed by atoms with E-state index in [2.05, 4.69) is 0 Å². The van der Waals surface area contributed by atoms with Gasteiger partial charge in [-0.05, 0) is 18.6 Å². The van der Waals surface area contributed by atoms with Crippen LogP contribution in [0.25, 0.3) is 0 Å². The van der Waals surface area contributed by atoms with Gasteiger partial charge in [-0.15, -0.1) is 0 Å². The lowest BCUT2D eigenvalue weighted by Gasteiger charge is -2.14. The fourth-order valence-electron chi connectivity index (χ4n) is 1.78. The molecule has 1 unspecified atom stereocenters. The maximum absolute atomic E-state index is 11.1. The van der Waals surface area contributed by atoms with Crippen molar-refractivity contribution in [1.29, 1.82) is 0 Å². The van der Waals surface area contributed by atoms with Gasteiger partial charge in [0.05, 0.1) is 7.11 Å². The van der Waals surface area contributed by atoms with E-state index in [0.717, 1.165) is 17.9 Å². The molecule has 0 aliphatic heterocycles. The normalized spacial score (nSPS) is 20.3. The molecule has 0 saturated heterocycles. The van der Waals surface area contributed by atoms with Crippen LogP contribution in [0.2, 0.25) is 0 Å². The Bertz CT molecular complexity index is 360. The molecule has 0 amide bonds. The van der Waals surface area contributed by atoms with E-state index in [0.29, 0.717) is 12.8 Å². The van der Waals surface area contributed by atoms with E-state index in [1.54, 1.807) is 7.11 Å². The molecule has 1 saturated carbocycles. The zero-order chi connectivity index (χ0) is 10.7. The van der Waals surface area contributed by atoms with Crippen LogP contribution in [-0.2, 0) is 4.79 Å². The lowest BCUT2D eigenvalue weighted by molar-refractivity contribution is -0.117. The standard InChI is InChI=1S/C12H14O3/c1-14-11-4-2-3-5-12(11)15-10-7-6-9(13)8-10/h2-5,10H,6-8H2,1H3. The zero-order valence-electron chi connectivity index (χ0n) is 8.73. The lowest BCUT2D eigenvalue weighted by Crippen LogP contribution is -2.12. The fourth-order valence-corrected chi connectivity index (χ4v) is 1.78. The molecule has 1 fully saturated rings. The molecule has 0 aromatic heterocycles. The third-order valence-corrected chi connectivity index (χ3v) is 2.56. The van der Waals surface area contributed by atoms with Crippen molar-refractivity contribution in [2.24, 2.45) is 0 Å². The van der Waals surface area contributed by atoms with Crippen molar-refractivity contribution in [2.75, 3.05) is 7.11 Å². The monoisotopic (exact) mass is 206 g/mol. The summed E-state index contributed by atoms with van der Waals surface area (Å²) in [5.41, 5.74) is 0. The van der Waals surface area contributed by atoms with Gasteiger partial charge in [-0.25, -0.2) is 0 Å². The van der Waals surface area contributed by atoms with Gasteiger partial charge in [0.2, 0.25) is 0 Å². The Labute approximate surface area is 89.0 Å². The highest BCUT2D eigenvalue weighted by Crippen LogP contribution is 2.29. The lowest BCUT2D eigenvalue weighted by atomic mass is 10.3. The maximum atomic E-state index is 11.1. The fraction of sp³-hybridized carbons (Fsp3) is 0.417. The van der Waals surface area contributed by atoms with E-state index in [4.69, 9.17) is 9.47 Å². The van der Waals surface area contributed by atoms with E-state index in [-0.39, 0.29) is 11.9 Å². The molecule has 2 rings (SSSR count). The summed E-state index contributed by atoms with van der Waals surface area (Å²) in [6.07, 6.45) is 2.00. The Balaban J connectivity index is 2.07. The molecule has 3 heteroatoms. The minimum absolute atomic E-state index is 0.0220. The van der Waals surface area contributed by atoms with Crippen molar-refractivity contribution in [2.45, 2.75) is 25.4 Å². The number of para-hydroxylation sites is 2. The van der Waals surface area contributed by atoms with Gasteiger partial charge in [0, 0.05) is 12.8 Å². The van der Waals surface area contributed by atoms with Crippen molar-refractivity contribution in [3.05, 3.63) is 24.3 Å². The average molecular weight is 206 g/mol. The van der Waals surface area contributed by atoms with Crippen molar-refractivity contribution >= 4 is 5.78 Å². The molecule has 15 heavy (non-hydrogen) atoms. The zero-order valence-corrected chi connectivity index (χ0v) is 8.73. The number of methoxy groups -OCH3 is 1. The summed E-state index contributed by atoms with van der Waals surface area (Å²) in [7, 11) is 1.61. The van der Waals surface area contributed by atoms with Crippen LogP contribution in [0.5, 0.6) is 11.5 Å². The number of Topliss-reactive ketones (excluding diaryl/α,β-unsaturated/α-hetero) is 1. The second-order valence-corrected chi connectivity index (χ2v) is 3.67. The Morgan fingerprint density at radius 3 is 2.60 bits per heavy atom. The molecule has 1 atom stereocenters. The number of carbonyl (C=O) groups excluding carboxylic acids is 1. The van der Waals surface area contributed by atoms with Gasteiger partial charge in [-0.2, -0.15) is 0 Å². The Hall–Kier alpha value is -1.51. The SMILES string of the molecule is COc1ccccc1OC1CCC(=O)C1. The van der Waals surface area contributed by atoms with Gasteiger partial charge >= 0.3 is 0 Å². The summed E-state index contributed by atoms with van der Waals surface area (Å²) in [6, 6.07) is 7.51. The summed E-state index contributed by atoms with van der Waals surface area (Å²) >= 11 is 0. The van der Waals surface area contributed by atoms with Crippen LogP contribution in [0.4, 0.5) is 0 Å². The molecule has 0 bridgehead atoms. The second kappa shape index (κ2) is 4.34. The van der Waals surface area contributed by atoms with Crippen LogP contribution in [0.15, 0.2) is 24.3 Å². The summed E-state index contributed by atoms with van der Waals surface area (Å²) < 4.78 is 10.9. The Kier molecular flexibility index (Phi) is 2.90. The van der Waals surface area contributed by atoms with Gasteiger partial charge < -0.3 is 9.47 Å². The molecule has 1 aromatic rings. The van der Waals surface area contributed by atoms with Crippen LogP contribution >= 0.6 is 0 Å². The van der Waals surface area contributed by atoms with Crippen LogP contribution in [0, 0.1) is 0 Å². The molecule has 0 N–H and O–H groups in total. The van der Waals surface area contributed by atoms with E-state index >= 15 is 0 Å². The molecule has 1 aromatic carbocycles.